The molecule has 1 aliphatic rings. The van der Waals surface area contributed by atoms with Crippen molar-refractivity contribution in [2.24, 2.45) is 0 Å². The van der Waals surface area contributed by atoms with Gasteiger partial charge in [-0.1, -0.05) is 48.5 Å². The number of imidazole rings is 1. The number of rotatable bonds is 2. The second-order valence-corrected chi connectivity index (χ2v) is 6.32. The Hall–Kier alpha value is -2.94. The molecule has 3 heteroatoms. The minimum atomic E-state index is -0.235. The summed E-state index contributed by atoms with van der Waals surface area (Å²) in [6, 6.07) is 23.4. The molecule has 0 radical (unpaired) electrons. The molecule has 2 aromatic heterocycles. The van der Waals surface area contributed by atoms with E-state index in [4.69, 9.17) is 4.98 Å². The summed E-state index contributed by atoms with van der Waals surface area (Å²) in [5, 5.41) is 0. The fraction of sp³-hybridized carbons (Fsp3) is 0.143. The van der Waals surface area contributed by atoms with Crippen LogP contribution in [0.4, 0.5) is 0 Å². The molecule has 1 atom stereocenters. The Morgan fingerprint density at radius 1 is 0.833 bits per heavy atom. The van der Waals surface area contributed by atoms with Gasteiger partial charge in [-0.3, -0.25) is 4.98 Å². The lowest BCUT2D eigenvalue weighted by Crippen LogP contribution is -2.33. The van der Waals surface area contributed by atoms with E-state index in [1.165, 1.54) is 16.6 Å². The zero-order chi connectivity index (χ0) is 16.0. The van der Waals surface area contributed by atoms with Crippen molar-refractivity contribution in [1.82, 2.24) is 14.5 Å². The molecule has 3 nitrogen and oxygen atoms in total. The third-order valence-corrected chi connectivity index (χ3v) is 5.11. The number of aryl methyl sites for hydroxylation is 1. The smallest absolute Gasteiger partial charge is 0.111 e. The van der Waals surface area contributed by atoms with Crippen molar-refractivity contribution in [1.29, 1.82) is 0 Å². The van der Waals surface area contributed by atoms with Gasteiger partial charge in [0.05, 0.1) is 16.6 Å². The van der Waals surface area contributed by atoms with Gasteiger partial charge in [0.2, 0.25) is 0 Å². The van der Waals surface area contributed by atoms with E-state index >= 15 is 0 Å². The molecular formula is C21H17N3. The highest BCUT2D eigenvalue weighted by molar-refractivity contribution is 5.77. The largest absolute Gasteiger partial charge is 0.313 e. The fourth-order valence-corrected chi connectivity index (χ4v) is 4.11. The Balaban J connectivity index is 1.89. The van der Waals surface area contributed by atoms with Gasteiger partial charge in [-0.05, 0) is 30.2 Å². The number of nitrogens with zero attached hydrogens (tertiary/aromatic N) is 3. The average molecular weight is 311 g/mol. The molecule has 116 valence electrons. The van der Waals surface area contributed by atoms with Crippen LogP contribution in [0.1, 0.15) is 23.4 Å². The Labute approximate surface area is 140 Å². The number of hydrogen-bond donors (Lipinski definition) is 0. The molecule has 3 heterocycles. The Bertz CT molecular complexity index is 964. The van der Waals surface area contributed by atoms with E-state index in [0.717, 1.165) is 24.2 Å². The maximum atomic E-state index is 4.88. The van der Waals surface area contributed by atoms with Crippen LogP contribution >= 0.6 is 0 Å². The first-order valence-corrected chi connectivity index (χ1v) is 8.32. The van der Waals surface area contributed by atoms with E-state index in [1.807, 2.05) is 18.5 Å². The molecule has 4 aromatic rings. The van der Waals surface area contributed by atoms with Gasteiger partial charge in [-0.25, -0.2) is 4.98 Å². The van der Waals surface area contributed by atoms with E-state index in [9.17, 15) is 0 Å². The van der Waals surface area contributed by atoms with E-state index in [2.05, 4.69) is 70.2 Å². The standard InChI is InChI=1S/C21H17N3/c1-2-7-16(8-3-1)21(17-9-6-14-22-15-17)13-12-20-23-18-10-4-5-11-19(18)24(20)21/h1-11,14-15H,12-13H2. The van der Waals surface area contributed by atoms with Crippen molar-refractivity contribution >= 4 is 11.0 Å². The first-order valence-electron chi connectivity index (χ1n) is 8.32. The second-order valence-electron chi connectivity index (χ2n) is 6.32. The SMILES string of the molecule is c1ccc(C2(c3cccnc3)CCc3nc4ccccc4n32)cc1. The molecule has 1 aliphatic heterocycles. The predicted octanol–water partition coefficient (Wildman–Crippen LogP) is 4.17. The summed E-state index contributed by atoms with van der Waals surface area (Å²) in [5.41, 5.74) is 4.54. The lowest BCUT2D eigenvalue weighted by atomic mass is 9.81. The van der Waals surface area contributed by atoms with Crippen LogP contribution in [0.2, 0.25) is 0 Å². The van der Waals surface area contributed by atoms with Crippen molar-refractivity contribution in [3.63, 3.8) is 0 Å². The van der Waals surface area contributed by atoms with Crippen LogP contribution in [-0.2, 0) is 12.0 Å². The summed E-state index contributed by atoms with van der Waals surface area (Å²) in [4.78, 5) is 9.29. The summed E-state index contributed by atoms with van der Waals surface area (Å²) in [7, 11) is 0. The fourth-order valence-electron chi connectivity index (χ4n) is 4.11. The number of fused-ring (bicyclic) bond motifs is 3. The Morgan fingerprint density at radius 3 is 2.46 bits per heavy atom. The highest BCUT2D eigenvalue weighted by Gasteiger charge is 2.43. The van der Waals surface area contributed by atoms with E-state index < -0.39 is 0 Å². The highest BCUT2D eigenvalue weighted by atomic mass is 15.2. The predicted molar refractivity (Wildman–Crippen MR) is 94.9 cm³/mol. The maximum Gasteiger partial charge on any atom is 0.111 e. The number of pyridine rings is 1. The van der Waals surface area contributed by atoms with Crippen LogP contribution < -0.4 is 0 Å². The topological polar surface area (TPSA) is 30.7 Å². The van der Waals surface area contributed by atoms with Crippen LogP contribution in [0.15, 0.2) is 79.1 Å². The summed E-state index contributed by atoms with van der Waals surface area (Å²) < 4.78 is 2.43. The summed E-state index contributed by atoms with van der Waals surface area (Å²) in [5.74, 6) is 1.16. The van der Waals surface area contributed by atoms with Gasteiger partial charge in [0, 0.05) is 24.4 Å². The van der Waals surface area contributed by atoms with Crippen LogP contribution in [0.25, 0.3) is 11.0 Å². The molecule has 24 heavy (non-hydrogen) atoms. The quantitative estimate of drug-likeness (QED) is 0.556. The minimum absolute atomic E-state index is 0.235. The van der Waals surface area contributed by atoms with Gasteiger partial charge in [0.1, 0.15) is 5.82 Å². The summed E-state index contributed by atoms with van der Waals surface area (Å²) in [6.45, 7) is 0. The normalized spacial score (nSPS) is 19.5. The zero-order valence-electron chi connectivity index (χ0n) is 13.3. The van der Waals surface area contributed by atoms with Crippen molar-refractivity contribution < 1.29 is 0 Å². The van der Waals surface area contributed by atoms with Crippen molar-refractivity contribution in [2.75, 3.05) is 0 Å². The molecule has 0 saturated heterocycles. The number of aromatic nitrogens is 3. The molecule has 0 bridgehead atoms. The molecule has 0 N–H and O–H groups in total. The third kappa shape index (κ3) is 1.72. The molecule has 0 amide bonds. The van der Waals surface area contributed by atoms with E-state index in [0.29, 0.717) is 0 Å². The molecular weight excluding hydrogens is 294 g/mol. The molecule has 1 unspecified atom stereocenters. The number of benzene rings is 2. The molecule has 0 spiro atoms. The molecule has 0 aliphatic carbocycles. The first-order chi connectivity index (χ1) is 11.9. The van der Waals surface area contributed by atoms with Gasteiger partial charge >= 0.3 is 0 Å². The van der Waals surface area contributed by atoms with E-state index in [-0.39, 0.29) is 5.54 Å². The second kappa shape index (κ2) is 5.03. The molecule has 5 rings (SSSR count). The minimum Gasteiger partial charge on any atom is -0.313 e. The van der Waals surface area contributed by atoms with Gasteiger partial charge < -0.3 is 4.57 Å². The Kier molecular flexibility index (Phi) is 2.83. The molecule has 0 fully saturated rings. The summed E-state index contributed by atoms with van der Waals surface area (Å²) >= 11 is 0. The van der Waals surface area contributed by atoms with Crippen molar-refractivity contribution in [3.8, 4) is 0 Å². The van der Waals surface area contributed by atoms with Crippen LogP contribution in [0.5, 0.6) is 0 Å². The lowest BCUT2D eigenvalue weighted by Gasteiger charge is -2.33. The van der Waals surface area contributed by atoms with Gasteiger partial charge in [-0.15, -0.1) is 0 Å². The monoisotopic (exact) mass is 311 g/mol. The van der Waals surface area contributed by atoms with Gasteiger partial charge in [-0.2, -0.15) is 0 Å². The zero-order valence-corrected chi connectivity index (χ0v) is 13.3. The average Bonchev–Trinajstić information content (AvgIpc) is 3.21. The summed E-state index contributed by atoms with van der Waals surface area (Å²) in [6.07, 6.45) is 5.81. The van der Waals surface area contributed by atoms with Crippen LogP contribution in [0, 0.1) is 0 Å². The lowest BCUT2D eigenvalue weighted by molar-refractivity contribution is 0.465. The molecule has 0 saturated carbocycles. The third-order valence-electron chi connectivity index (χ3n) is 5.11. The number of para-hydroxylation sites is 2. The first kappa shape index (κ1) is 13.5. The van der Waals surface area contributed by atoms with Crippen molar-refractivity contribution in [2.45, 2.75) is 18.4 Å². The Morgan fingerprint density at radius 2 is 1.62 bits per heavy atom. The van der Waals surface area contributed by atoms with Crippen LogP contribution in [0.3, 0.4) is 0 Å². The van der Waals surface area contributed by atoms with E-state index in [1.54, 1.807) is 0 Å². The highest BCUT2D eigenvalue weighted by Crippen LogP contribution is 2.45. The number of hydrogen-bond acceptors (Lipinski definition) is 2. The van der Waals surface area contributed by atoms with Crippen LogP contribution in [-0.4, -0.2) is 14.5 Å². The maximum absolute atomic E-state index is 4.88. The van der Waals surface area contributed by atoms with Gasteiger partial charge in [0.15, 0.2) is 0 Å². The van der Waals surface area contributed by atoms with Crippen molar-refractivity contribution in [3.05, 3.63) is 96.1 Å². The molecule has 2 aromatic carbocycles. The van der Waals surface area contributed by atoms with Gasteiger partial charge in [0.25, 0.3) is 0 Å².